The van der Waals surface area contributed by atoms with Crippen LogP contribution in [0.3, 0.4) is 0 Å². The Hall–Kier alpha value is -1.38. The number of aromatic nitrogens is 2. The van der Waals surface area contributed by atoms with E-state index in [4.69, 9.17) is 4.42 Å². The van der Waals surface area contributed by atoms with Gasteiger partial charge in [-0.1, -0.05) is 41.5 Å². The van der Waals surface area contributed by atoms with E-state index in [1.807, 2.05) is 46.8 Å². The van der Waals surface area contributed by atoms with Crippen LogP contribution in [-0.4, -0.2) is 9.97 Å². The van der Waals surface area contributed by atoms with Crippen LogP contribution in [0.2, 0.25) is 0 Å². The van der Waals surface area contributed by atoms with Crippen molar-refractivity contribution in [1.82, 2.24) is 9.97 Å². The summed E-state index contributed by atoms with van der Waals surface area (Å²) in [5.74, 6) is 1.15. The molecule has 2 aromatic rings. The lowest BCUT2D eigenvalue weighted by molar-refractivity contribution is 0.548. The third-order valence-corrected chi connectivity index (χ3v) is 2.50. The highest BCUT2D eigenvalue weighted by molar-refractivity contribution is 5.68. The summed E-state index contributed by atoms with van der Waals surface area (Å²) in [4.78, 5) is 8.65. The zero-order chi connectivity index (χ0) is 14.1. The van der Waals surface area contributed by atoms with Gasteiger partial charge in [-0.25, -0.2) is 9.97 Å². The smallest absolute Gasteiger partial charge is 0.247 e. The van der Waals surface area contributed by atoms with Gasteiger partial charge in [0, 0.05) is 12.6 Å². The van der Waals surface area contributed by atoms with Crippen LogP contribution in [0.15, 0.2) is 16.5 Å². The van der Waals surface area contributed by atoms with Crippen LogP contribution in [-0.2, 0) is 0 Å². The predicted molar refractivity (Wildman–Crippen MR) is 77.9 cm³/mol. The summed E-state index contributed by atoms with van der Waals surface area (Å²) in [6.45, 7) is 14.2. The lowest BCUT2D eigenvalue weighted by Gasteiger charge is -2.05. The van der Waals surface area contributed by atoms with Gasteiger partial charge in [-0.05, 0) is 24.5 Å². The molecule has 3 heteroatoms. The fourth-order valence-electron chi connectivity index (χ4n) is 1.42. The van der Waals surface area contributed by atoms with E-state index in [0.29, 0.717) is 17.5 Å². The fraction of sp³-hybridized carbons (Fsp3) is 0.600. The molecular weight excluding hydrogens is 224 g/mol. The summed E-state index contributed by atoms with van der Waals surface area (Å²) in [7, 11) is 0. The summed E-state index contributed by atoms with van der Waals surface area (Å²) >= 11 is 0. The first-order valence-electron chi connectivity index (χ1n) is 6.94. The second kappa shape index (κ2) is 8.67. The average Bonchev–Trinajstić information content (AvgIpc) is 2.81. The number of pyridine rings is 1. The first-order chi connectivity index (χ1) is 8.70. The molecule has 0 N–H and O–H groups in total. The molecule has 0 radical (unpaired) electrons. The van der Waals surface area contributed by atoms with Crippen molar-refractivity contribution in [3.05, 3.63) is 23.7 Å². The molecule has 0 saturated heterocycles. The molecule has 2 rings (SSSR count). The highest BCUT2D eigenvalue weighted by Gasteiger charge is 2.08. The second-order valence-corrected chi connectivity index (χ2v) is 3.60. The van der Waals surface area contributed by atoms with Gasteiger partial charge in [-0.2, -0.15) is 0 Å². The van der Waals surface area contributed by atoms with Gasteiger partial charge in [0.1, 0.15) is 5.52 Å². The molecule has 2 aromatic heterocycles. The Kier molecular flexibility index (Phi) is 8.01. The van der Waals surface area contributed by atoms with E-state index < -0.39 is 0 Å². The minimum absolute atomic E-state index is 0.477. The molecular formula is C15H26N2O. The third kappa shape index (κ3) is 4.13. The molecule has 18 heavy (non-hydrogen) atoms. The van der Waals surface area contributed by atoms with E-state index in [9.17, 15) is 0 Å². The summed E-state index contributed by atoms with van der Waals surface area (Å²) < 4.78 is 5.38. The number of aryl methyl sites for hydroxylation is 1. The van der Waals surface area contributed by atoms with Crippen molar-refractivity contribution in [1.29, 1.82) is 0 Å². The van der Waals surface area contributed by atoms with Gasteiger partial charge in [0.05, 0.1) is 0 Å². The van der Waals surface area contributed by atoms with Crippen LogP contribution in [0.25, 0.3) is 11.2 Å². The average molecular weight is 250 g/mol. The number of hydrogen-bond acceptors (Lipinski definition) is 3. The van der Waals surface area contributed by atoms with E-state index in [-0.39, 0.29) is 0 Å². The summed E-state index contributed by atoms with van der Waals surface area (Å²) in [6, 6.07) is 4.00. The largest absolute Gasteiger partial charge is 0.423 e. The van der Waals surface area contributed by atoms with E-state index in [0.717, 1.165) is 17.6 Å². The molecule has 0 aromatic carbocycles. The summed E-state index contributed by atoms with van der Waals surface area (Å²) in [6.07, 6.45) is 1.09. The Morgan fingerprint density at radius 2 is 1.72 bits per heavy atom. The van der Waals surface area contributed by atoms with Crippen molar-refractivity contribution in [2.75, 3.05) is 0 Å². The van der Waals surface area contributed by atoms with Crippen LogP contribution < -0.4 is 0 Å². The first kappa shape index (κ1) is 16.6. The monoisotopic (exact) mass is 250 g/mol. The van der Waals surface area contributed by atoms with Gasteiger partial charge in [0.15, 0.2) is 5.89 Å². The number of hydrogen-bond donors (Lipinski definition) is 0. The van der Waals surface area contributed by atoms with Gasteiger partial charge in [-0.15, -0.1) is 0 Å². The van der Waals surface area contributed by atoms with Crippen molar-refractivity contribution < 1.29 is 4.42 Å². The molecule has 1 unspecified atom stereocenters. The molecule has 2 heterocycles. The van der Waals surface area contributed by atoms with Crippen LogP contribution in [0.1, 0.15) is 65.5 Å². The van der Waals surface area contributed by atoms with Crippen LogP contribution in [0.5, 0.6) is 0 Å². The highest BCUT2D eigenvalue weighted by Crippen LogP contribution is 2.20. The van der Waals surface area contributed by atoms with Gasteiger partial charge < -0.3 is 4.42 Å². The Labute approximate surface area is 111 Å². The molecule has 0 fully saturated rings. The quantitative estimate of drug-likeness (QED) is 0.744. The van der Waals surface area contributed by atoms with Gasteiger partial charge >= 0.3 is 0 Å². The molecule has 0 amide bonds. The van der Waals surface area contributed by atoms with Crippen LogP contribution in [0, 0.1) is 6.92 Å². The van der Waals surface area contributed by atoms with Crippen molar-refractivity contribution >= 4 is 11.2 Å². The molecule has 0 spiro atoms. The van der Waals surface area contributed by atoms with Crippen LogP contribution in [0.4, 0.5) is 0 Å². The molecule has 102 valence electrons. The Balaban J connectivity index is 0.000000659. The zero-order valence-electron chi connectivity index (χ0n) is 12.7. The van der Waals surface area contributed by atoms with E-state index in [1.54, 1.807) is 0 Å². The molecule has 0 aliphatic carbocycles. The highest BCUT2D eigenvalue weighted by atomic mass is 16.4. The van der Waals surface area contributed by atoms with E-state index in [1.165, 1.54) is 0 Å². The van der Waals surface area contributed by atoms with Crippen molar-refractivity contribution in [2.45, 2.75) is 60.8 Å². The number of rotatable bonds is 2. The fourth-order valence-corrected chi connectivity index (χ4v) is 1.42. The number of nitrogens with zero attached hydrogens (tertiary/aromatic N) is 2. The molecule has 3 nitrogen and oxygen atoms in total. The molecule has 0 aliphatic rings. The molecule has 0 aliphatic heterocycles. The number of oxazole rings is 1. The molecule has 0 bridgehead atoms. The van der Waals surface area contributed by atoms with Gasteiger partial charge in [0.25, 0.3) is 0 Å². The van der Waals surface area contributed by atoms with Crippen molar-refractivity contribution in [2.24, 2.45) is 0 Å². The number of fused-ring (bicyclic) bond motifs is 1. The van der Waals surface area contributed by atoms with Crippen molar-refractivity contribution in [3.63, 3.8) is 0 Å². The maximum Gasteiger partial charge on any atom is 0.247 e. The van der Waals surface area contributed by atoms with E-state index in [2.05, 4.69) is 23.8 Å². The topological polar surface area (TPSA) is 38.9 Å². The zero-order valence-corrected chi connectivity index (χ0v) is 12.7. The summed E-state index contributed by atoms with van der Waals surface area (Å²) in [5, 5.41) is 0. The lowest BCUT2D eigenvalue weighted by Crippen LogP contribution is -1.94. The molecule has 0 saturated carbocycles. The molecule has 1 atom stereocenters. The van der Waals surface area contributed by atoms with Gasteiger partial charge in [0.2, 0.25) is 5.71 Å². The minimum Gasteiger partial charge on any atom is -0.423 e. The SMILES string of the molecule is CC.CC.CCC(C)c1ccc2nc(C)oc2n1. The van der Waals surface area contributed by atoms with E-state index >= 15 is 0 Å². The Morgan fingerprint density at radius 1 is 1.11 bits per heavy atom. The second-order valence-electron chi connectivity index (χ2n) is 3.60. The third-order valence-electron chi connectivity index (χ3n) is 2.50. The van der Waals surface area contributed by atoms with Gasteiger partial charge in [-0.3, -0.25) is 0 Å². The Morgan fingerprint density at radius 3 is 2.28 bits per heavy atom. The van der Waals surface area contributed by atoms with Crippen molar-refractivity contribution in [3.8, 4) is 0 Å². The normalized spacial score (nSPS) is 11.1. The maximum atomic E-state index is 5.38. The standard InChI is InChI=1S/C11H14N2O.2C2H6/c1-4-7(2)9-5-6-10-11(13-9)14-8(3)12-10;2*1-2/h5-7H,4H2,1-3H3;2*1-2H3. The Bertz CT molecular complexity index is 449. The lowest BCUT2D eigenvalue weighted by atomic mass is 10.0. The maximum absolute atomic E-state index is 5.38. The minimum atomic E-state index is 0.477. The van der Waals surface area contributed by atoms with Crippen LogP contribution >= 0.6 is 0 Å². The summed E-state index contributed by atoms with van der Waals surface area (Å²) in [5.41, 5.74) is 2.58. The predicted octanol–water partition coefficient (Wildman–Crippen LogP) is 5.10. The first-order valence-corrected chi connectivity index (χ1v) is 6.94.